The normalized spacial score (nSPS) is 11.3. The smallest absolute Gasteiger partial charge is 0.144 e. The largest absolute Gasteiger partial charge is 0.299 e. The molecule has 0 spiro atoms. The van der Waals surface area contributed by atoms with E-state index in [1.54, 1.807) is 0 Å². The summed E-state index contributed by atoms with van der Waals surface area (Å²) < 4.78 is 0. The van der Waals surface area contributed by atoms with Crippen LogP contribution >= 0.6 is 23.2 Å². The lowest BCUT2D eigenvalue weighted by Gasteiger charge is -2.03. The molecule has 0 aromatic heterocycles. The Morgan fingerprint density at radius 3 is 1.89 bits per heavy atom. The van der Waals surface area contributed by atoms with Crippen molar-refractivity contribution in [3.05, 3.63) is 65.2 Å². The quantitative estimate of drug-likeness (QED) is 0.582. The van der Waals surface area contributed by atoms with E-state index in [4.69, 9.17) is 23.2 Å². The molecule has 0 fully saturated rings. The van der Waals surface area contributed by atoms with E-state index in [-0.39, 0.29) is 0 Å². The van der Waals surface area contributed by atoms with Crippen molar-refractivity contribution in [1.29, 1.82) is 0 Å². The molecule has 3 heteroatoms. The summed E-state index contributed by atoms with van der Waals surface area (Å²) in [7, 11) is 0. The molecule has 0 saturated carbocycles. The molecule has 1 nitrogen and oxygen atoms in total. The highest BCUT2D eigenvalue weighted by Gasteiger charge is 2.00. The summed E-state index contributed by atoms with van der Waals surface area (Å²) in [6, 6.07) is 15.3. The second kappa shape index (κ2) is 5.85. The van der Waals surface area contributed by atoms with Crippen LogP contribution in [0.1, 0.15) is 5.56 Å². The second-order valence-corrected chi connectivity index (χ2v) is 4.58. The maximum absolute atomic E-state index is 10.3. The zero-order chi connectivity index (χ0) is 13.0. The van der Waals surface area contributed by atoms with Crippen molar-refractivity contribution in [3.63, 3.8) is 0 Å². The third kappa shape index (κ3) is 3.00. The maximum atomic E-state index is 10.3. The number of rotatable bonds is 3. The number of halogens is 2. The second-order valence-electron chi connectivity index (χ2n) is 3.73. The molecular weight excluding hydrogens is 267 g/mol. The Balaban J connectivity index is 2.30. The first-order valence-corrected chi connectivity index (χ1v) is 6.13. The molecule has 0 radical (unpaired) electrons. The van der Waals surface area contributed by atoms with Gasteiger partial charge in [0.25, 0.3) is 0 Å². The number of hydrogen-bond acceptors (Lipinski definition) is 1. The van der Waals surface area contributed by atoms with Crippen molar-refractivity contribution >= 4 is 34.5 Å². The number of allylic oxidation sites excluding steroid dienone is 1. The van der Waals surface area contributed by atoms with E-state index >= 15 is 0 Å². The van der Waals surface area contributed by atoms with Gasteiger partial charge in [0.05, 0.1) is 5.03 Å². The first-order valence-electron chi connectivity index (χ1n) is 5.38. The van der Waals surface area contributed by atoms with Crippen LogP contribution in [0.2, 0.25) is 5.02 Å². The van der Waals surface area contributed by atoms with Gasteiger partial charge < -0.3 is 0 Å². The van der Waals surface area contributed by atoms with E-state index in [0.717, 1.165) is 16.7 Å². The minimum absolute atomic E-state index is 0.438. The van der Waals surface area contributed by atoms with E-state index < -0.39 is 0 Å². The summed E-state index contributed by atoms with van der Waals surface area (Å²) in [4.78, 5) is 10.3. The average molecular weight is 277 g/mol. The van der Waals surface area contributed by atoms with Crippen molar-refractivity contribution in [1.82, 2.24) is 0 Å². The van der Waals surface area contributed by atoms with E-state index in [0.29, 0.717) is 16.3 Å². The van der Waals surface area contributed by atoms with E-state index in [1.807, 2.05) is 48.5 Å². The molecule has 0 amide bonds. The van der Waals surface area contributed by atoms with Gasteiger partial charge >= 0.3 is 0 Å². The third-order valence-electron chi connectivity index (χ3n) is 2.55. The molecule has 0 unspecified atom stereocenters. The lowest BCUT2D eigenvalue weighted by Crippen LogP contribution is -1.81. The van der Waals surface area contributed by atoms with Gasteiger partial charge in [-0.05, 0) is 34.9 Å². The zero-order valence-electron chi connectivity index (χ0n) is 9.44. The zero-order valence-corrected chi connectivity index (χ0v) is 10.9. The van der Waals surface area contributed by atoms with Crippen molar-refractivity contribution < 1.29 is 4.79 Å². The third-order valence-corrected chi connectivity index (χ3v) is 3.15. The molecule has 0 N–H and O–H groups in total. The Bertz CT molecular complexity index is 568. The summed E-state index contributed by atoms with van der Waals surface area (Å²) in [6.45, 7) is 0. The molecule has 0 aliphatic carbocycles. The van der Waals surface area contributed by atoms with Gasteiger partial charge in [-0.15, -0.1) is 0 Å². The molecule has 0 aliphatic rings. The van der Waals surface area contributed by atoms with Crippen molar-refractivity contribution in [2.24, 2.45) is 0 Å². The molecule has 2 aromatic rings. The van der Waals surface area contributed by atoms with Gasteiger partial charge in [0, 0.05) is 5.02 Å². The van der Waals surface area contributed by atoms with Crippen molar-refractivity contribution in [2.45, 2.75) is 0 Å². The van der Waals surface area contributed by atoms with Gasteiger partial charge in [0.1, 0.15) is 6.29 Å². The predicted molar refractivity (Wildman–Crippen MR) is 76.8 cm³/mol. The van der Waals surface area contributed by atoms with Crippen LogP contribution in [0, 0.1) is 0 Å². The van der Waals surface area contributed by atoms with Crippen molar-refractivity contribution in [2.75, 3.05) is 0 Å². The highest BCUT2D eigenvalue weighted by Crippen LogP contribution is 2.25. The highest BCUT2D eigenvalue weighted by molar-refractivity contribution is 6.49. The van der Waals surface area contributed by atoms with Gasteiger partial charge in [-0.25, -0.2) is 0 Å². The molecule has 2 rings (SSSR count). The Morgan fingerprint density at radius 2 is 1.39 bits per heavy atom. The molecular formula is C15H10Cl2O. The Labute approximate surface area is 116 Å². The van der Waals surface area contributed by atoms with Crippen LogP contribution < -0.4 is 0 Å². The summed E-state index contributed by atoms with van der Waals surface area (Å²) in [6.07, 6.45) is 2.01. The number of carbonyl (C=O) groups excluding carboxylic acids is 1. The first kappa shape index (κ1) is 12.9. The Kier molecular flexibility index (Phi) is 4.19. The minimum atomic E-state index is 0.438. The molecule has 0 aliphatic heterocycles. The van der Waals surface area contributed by atoms with Crippen LogP contribution in [0.15, 0.2) is 54.6 Å². The first-order chi connectivity index (χ1) is 8.70. The Hall–Kier alpha value is -1.57. The van der Waals surface area contributed by atoms with E-state index in [9.17, 15) is 4.79 Å². The maximum Gasteiger partial charge on any atom is 0.144 e. The van der Waals surface area contributed by atoms with E-state index in [1.165, 1.54) is 6.08 Å². The average Bonchev–Trinajstić information content (AvgIpc) is 2.40. The van der Waals surface area contributed by atoms with Crippen LogP contribution in [0.3, 0.4) is 0 Å². The Morgan fingerprint density at radius 1 is 0.889 bits per heavy atom. The monoisotopic (exact) mass is 276 g/mol. The topological polar surface area (TPSA) is 17.1 Å². The molecule has 0 saturated heterocycles. The number of benzene rings is 2. The summed E-state index contributed by atoms with van der Waals surface area (Å²) in [5.41, 5.74) is 2.98. The fourth-order valence-electron chi connectivity index (χ4n) is 1.62. The molecule has 0 bridgehead atoms. The molecule has 2 aromatic carbocycles. The summed E-state index contributed by atoms with van der Waals surface area (Å²) in [5, 5.41) is 1.15. The summed E-state index contributed by atoms with van der Waals surface area (Å²) in [5.74, 6) is 0. The molecule has 18 heavy (non-hydrogen) atoms. The van der Waals surface area contributed by atoms with Gasteiger partial charge in [-0.3, -0.25) is 4.79 Å². The lowest BCUT2D eigenvalue weighted by molar-refractivity contribution is -0.104. The molecule has 90 valence electrons. The fourth-order valence-corrected chi connectivity index (χ4v) is 1.92. The van der Waals surface area contributed by atoms with Crippen molar-refractivity contribution in [3.8, 4) is 11.1 Å². The van der Waals surface area contributed by atoms with Crippen LogP contribution in [0.25, 0.3) is 16.2 Å². The SMILES string of the molecule is O=CC=C(Cl)c1ccc(-c2ccc(Cl)cc2)cc1. The standard InChI is InChI=1S/C15H10Cl2O/c16-14-7-5-12(6-8-14)11-1-3-13(4-2-11)15(17)9-10-18/h1-10H. The van der Waals surface area contributed by atoms with Crippen LogP contribution in [-0.4, -0.2) is 6.29 Å². The highest BCUT2D eigenvalue weighted by atomic mass is 35.5. The fraction of sp³-hybridized carbons (Fsp3) is 0. The number of carbonyl (C=O) groups is 1. The minimum Gasteiger partial charge on any atom is -0.299 e. The lowest BCUT2D eigenvalue weighted by atomic mass is 10.0. The van der Waals surface area contributed by atoms with Crippen LogP contribution in [0.5, 0.6) is 0 Å². The molecule has 0 atom stereocenters. The number of aldehydes is 1. The van der Waals surface area contributed by atoms with Gasteiger partial charge in [0.2, 0.25) is 0 Å². The predicted octanol–water partition coefficient (Wildman–Crippen LogP) is 4.79. The summed E-state index contributed by atoms with van der Waals surface area (Å²) >= 11 is 11.8. The van der Waals surface area contributed by atoms with Crippen LogP contribution in [-0.2, 0) is 4.79 Å². The van der Waals surface area contributed by atoms with Gasteiger partial charge in [-0.2, -0.15) is 0 Å². The molecule has 0 heterocycles. The van der Waals surface area contributed by atoms with Crippen LogP contribution in [0.4, 0.5) is 0 Å². The van der Waals surface area contributed by atoms with E-state index in [2.05, 4.69) is 0 Å². The van der Waals surface area contributed by atoms with Gasteiger partial charge in [0.15, 0.2) is 0 Å². The number of hydrogen-bond donors (Lipinski definition) is 0. The van der Waals surface area contributed by atoms with Gasteiger partial charge in [-0.1, -0.05) is 59.6 Å².